The van der Waals surface area contributed by atoms with Crippen LogP contribution in [-0.2, 0) is 9.53 Å². The Morgan fingerprint density at radius 1 is 1.24 bits per heavy atom. The predicted octanol–water partition coefficient (Wildman–Crippen LogP) is 3.35. The molecule has 0 aliphatic rings. The molecule has 0 spiro atoms. The Labute approximate surface area is 106 Å². The minimum Gasteiger partial charge on any atom is -0.443 e. The van der Waals surface area contributed by atoms with Crippen LogP contribution in [0.25, 0.3) is 0 Å². The maximum absolute atomic E-state index is 11.3. The highest BCUT2D eigenvalue weighted by atomic mass is 16.6. The summed E-state index contributed by atoms with van der Waals surface area (Å²) in [6.07, 6.45) is 6.58. The van der Waals surface area contributed by atoms with Crippen LogP contribution in [0.4, 0.5) is 0 Å². The first-order valence-corrected chi connectivity index (χ1v) is 6.76. The summed E-state index contributed by atoms with van der Waals surface area (Å²) in [7, 11) is 0. The molecule has 0 rings (SSSR count). The van der Waals surface area contributed by atoms with Crippen molar-refractivity contribution in [3.8, 4) is 0 Å². The van der Waals surface area contributed by atoms with Crippen molar-refractivity contribution in [1.82, 2.24) is 4.90 Å². The molecule has 17 heavy (non-hydrogen) atoms. The van der Waals surface area contributed by atoms with Gasteiger partial charge in [-0.05, 0) is 19.3 Å². The molecule has 0 aromatic rings. The van der Waals surface area contributed by atoms with Crippen molar-refractivity contribution in [2.24, 2.45) is 0 Å². The fourth-order valence-corrected chi connectivity index (χ4v) is 1.72. The Morgan fingerprint density at radius 2 is 1.76 bits per heavy atom. The summed E-state index contributed by atoms with van der Waals surface area (Å²) in [5, 5.41) is 0. The molecule has 0 radical (unpaired) electrons. The van der Waals surface area contributed by atoms with E-state index in [1.54, 1.807) is 0 Å². The number of carbonyl (C=O) groups excluding carboxylic acids is 1. The van der Waals surface area contributed by atoms with Gasteiger partial charge in [0.25, 0.3) is 0 Å². The van der Waals surface area contributed by atoms with Crippen LogP contribution in [0.1, 0.15) is 52.9 Å². The van der Waals surface area contributed by atoms with E-state index in [0.29, 0.717) is 0 Å². The predicted molar refractivity (Wildman–Crippen MR) is 71.8 cm³/mol. The van der Waals surface area contributed by atoms with E-state index < -0.39 is 0 Å². The van der Waals surface area contributed by atoms with Gasteiger partial charge in [-0.15, -0.1) is 0 Å². The zero-order chi connectivity index (χ0) is 13.1. The molecule has 0 N–H and O–H groups in total. The number of nitrogens with zero attached hydrogens (tertiary/aromatic N) is 1. The third-order valence-corrected chi connectivity index (χ3v) is 2.77. The van der Waals surface area contributed by atoms with Crippen LogP contribution in [-0.4, -0.2) is 30.2 Å². The molecule has 0 saturated carbocycles. The minimum absolute atomic E-state index is 0.0985. The topological polar surface area (TPSA) is 29.5 Å². The molecule has 0 bridgehead atoms. The normalized spacial score (nSPS) is 12.5. The zero-order valence-corrected chi connectivity index (χ0v) is 11.6. The third kappa shape index (κ3) is 7.16. The van der Waals surface area contributed by atoms with Crippen molar-refractivity contribution in [3.05, 3.63) is 12.7 Å². The number of hydrogen-bond acceptors (Lipinski definition) is 3. The number of rotatable bonds is 10. The van der Waals surface area contributed by atoms with E-state index in [1.807, 2.05) is 6.92 Å². The van der Waals surface area contributed by atoms with Crippen molar-refractivity contribution in [3.63, 3.8) is 0 Å². The summed E-state index contributed by atoms with van der Waals surface area (Å²) in [5.74, 6) is -0.324. The lowest BCUT2D eigenvalue weighted by Gasteiger charge is -2.30. The molecule has 0 aliphatic carbocycles. The van der Waals surface area contributed by atoms with Crippen molar-refractivity contribution >= 4 is 5.97 Å². The average Bonchev–Trinajstić information content (AvgIpc) is 2.36. The highest BCUT2D eigenvalue weighted by Gasteiger charge is 2.18. The van der Waals surface area contributed by atoms with Crippen LogP contribution in [0, 0.1) is 0 Å². The Morgan fingerprint density at radius 3 is 2.12 bits per heavy atom. The van der Waals surface area contributed by atoms with Gasteiger partial charge in [-0.3, -0.25) is 4.90 Å². The SMILES string of the molecule is C=CC(=O)OC(CC)N(CCCC)CCCC. The summed E-state index contributed by atoms with van der Waals surface area (Å²) in [6.45, 7) is 11.8. The number of unbranched alkanes of at least 4 members (excludes halogenated alkanes) is 2. The molecule has 1 unspecified atom stereocenters. The molecule has 3 heteroatoms. The summed E-state index contributed by atoms with van der Waals surface area (Å²) in [4.78, 5) is 13.5. The van der Waals surface area contributed by atoms with Gasteiger partial charge in [0.15, 0.2) is 6.23 Å². The van der Waals surface area contributed by atoms with E-state index in [9.17, 15) is 4.79 Å². The van der Waals surface area contributed by atoms with Gasteiger partial charge in [0.05, 0.1) is 0 Å². The van der Waals surface area contributed by atoms with Crippen molar-refractivity contribution in [2.75, 3.05) is 13.1 Å². The molecule has 1 atom stereocenters. The molecule has 100 valence electrons. The van der Waals surface area contributed by atoms with Gasteiger partial charge in [0.2, 0.25) is 0 Å². The van der Waals surface area contributed by atoms with E-state index >= 15 is 0 Å². The standard InChI is InChI=1S/C14H27NO2/c1-5-9-11-15(12-10-6-2)13(7-3)17-14(16)8-4/h8,13H,4-7,9-12H2,1-3H3. The lowest BCUT2D eigenvalue weighted by atomic mass is 10.2. The summed E-state index contributed by atoms with van der Waals surface area (Å²) >= 11 is 0. The third-order valence-electron chi connectivity index (χ3n) is 2.77. The highest BCUT2D eigenvalue weighted by Crippen LogP contribution is 2.10. The van der Waals surface area contributed by atoms with Crippen LogP contribution in [0.15, 0.2) is 12.7 Å². The molecule has 0 aliphatic heterocycles. The van der Waals surface area contributed by atoms with E-state index in [1.165, 1.54) is 6.08 Å². The monoisotopic (exact) mass is 241 g/mol. The van der Waals surface area contributed by atoms with Crippen LogP contribution in [0.3, 0.4) is 0 Å². The van der Waals surface area contributed by atoms with Gasteiger partial charge in [-0.1, -0.05) is 40.2 Å². The maximum Gasteiger partial charge on any atom is 0.331 e. The van der Waals surface area contributed by atoms with Gasteiger partial charge in [-0.2, -0.15) is 0 Å². The van der Waals surface area contributed by atoms with Gasteiger partial charge in [-0.25, -0.2) is 4.79 Å². The average molecular weight is 241 g/mol. The van der Waals surface area contributed by atoms with Crippen LogP contribution < -0.4 is 0 Å². The summed E-state index contributed by atoms with van der Waals surface area (Å²) in [5.41, 5.74) is 0. The van der Waals surface area contributed by atoms with Crippen molar-refractivity contribution in [2.45, 2.75) is 59.1 Å². The van der Waals surface area contributed by atoms with Gasteiger partial charge in [0.1, 0.15) is 0 Å². The minimum atomic E-state index is -0.324. The maximum atomic E-state index is 11.3. The molecule has 0 aromatic heterocycles. The van der Waals surface area contributed by atoms with Crippen LogP contribution in [0.2, 0.25) is 0 Å². The quantitative estimate of drug-likeness (QED) is 0.334. The number of hydrogen-bond donors (Lipinski definition) is 0. The van der Waals surface area contributed by atoms with E-state index in [4.69, 9.17) is 4.74 Å². The van der Waals surface area contributed by atoms with Gasteiger partial charge in [0, 0.05) is 19.2 Å². The second-order valence-electron chi connectivity index (χ2n) is 4.25. The molecule has 0 heterocycles. The van der Waals surface area contributed by atoms with E-state index in [-0.39, 0.29) is 12.2 Å². The van der Waals surface area contributed by atoms with Gasteiger partial charge < -0.3 is 4.74 Å². The Kier molecular flexibility index (Phi) is 9.83. The van der Waals surface area contributed by atoms with Crippen molar-refractivity contribution in [1.29, 1.82) is 0 Å². The Hall–Kier alpha value is -0.830. The smallest absolute Gasteiger partial charge is 0.331 e. The summed E-state index contributed by atoms with van der Waals surface area (Å²) < 4.78 is 5.37. The molecular formula is C14H27NO2. The van der Waals surface area contributed by atoms with Crippen LogP contribution in [0.5, 0.6) is 0 Å². The van der Waals surface area contributed by atoms with E-state index in [0.717, 1.165) is 45.2 Å². The fourth-order valence-electron chi connectivity index (χ4n) is 1.72. The molecule has 0 amide bonds. The number of carbonyl (C=O) groups is 1. The molecule has 0 fully saturated rings. The van der Waals surface area contributed by atoms with Gasteiger partial charge >= 0.3 is 5.97 Å². The second kappa shape index (κ2) is 10.3. The first-order chi connectivity index (χ1) is 8.19. The molecule has 3 nitrogen and oxygen atoms in total. The number of esters is 1. The largest absolute Gasteiger partial charge is 0.443 e. The second-order valence-corrected chi connectivity index (χ2v) is 4.25. The molecule has 0 saturated heterocycles. The molecule has 0 aromatic carbocycles. The lowest BCUT2D eigenvalue weighted by Crippen LogP contribution is -2.39. The Bertz CT molecular complexity index is 208. The Balaban J connectivity index is 4.35. The fraction of sp³-hybridized carbons (Fsp3) is 0.786. The molecular weight excluding hydrogens is 214 g/mol. The van der Waals surface area contributed by atoms with Crippen LogP contribution >= 0.6 is 0 Å². The first-order valence-electron chi connectivity index (χ1n) is 6.76. The summed E-state index contributed by atoms with van der Waals surface area (Å²) in [6, 6.07) is 0. The highest BCUT2D eigenvalue weighted by molar-refractivity contribution is 5.81. The number of ether oxygens (including phenoxy) is 1. The van der Waals surface area contributed by atoms with Crippen molar-refractivity contribution < 1.29 is 9.53 Å². The van der Waals surface area contributed by atoms with E-state index in [2.05, 4.69) is 25.3 Å². The first kappa shape index (κ1) is 16.2. The lowest BCUT2D eigenvalue weighted by molar-refractivity contribution is -0.153. The zero-order valence-electron chi connectivity index (χ0n) is 11.6.